The average molecular weight is 427 g/mol. The van der Waals surface area contributed by atoms with Crippen LogP contribution in [0.15, 0.2) is 6.20 Å². The van der Waals surface area contributed by atoms with Crippen LogP contribution in [0, 0.1) is 5.41 Å². The Hall–Kier alpha value is -0.766. The molecule has 1 aromatic rings. The van der Waals surface area contributed by atoms with Crippen molar-refractivity contribution in [2.75, 3.05) is 13.2 Å². The molecule has 7 heteroatoms. The van der Waals surface area contributed by atoms with Crippen LogP contribution in [0.3, 0.4) is 0 Å². The van der Waals surface area contributed by atoms with Crippen molar-refractivity contribution in [2.45, 2.75) is 91.2 Å². The quantitative estimate of drug-likeness (QED) is 0.399. The number of carbonyl (C=O) groups excluding carboxylic acids is 1. The van der Waals surface area contributed by atoms with Crippen molar-refractivity contribution in [1.29, 1.82) is 0 Å². The zero-order chi connectivity index (χ0) is 22.0. The maximum Gasteiger partial charge on any atom is 0.192 e. The van der Waals surface area contributed by atoms with E-state index >= 15 is 0 Å². The van der Waals surface area contributed by atoms with Gasteiger partial charge in [0.15, 0.2) is 22.9 Å². The van der Waals surface area contributed by atoms with E-state index in [9.17, 15) is 4.79 Å². The van der Waals surface area contributed by atoms with Gasteiger partial charge in [-0.3, -0.25) is 9.89 Å². The molecule has 0 spiro atoms. The van der Waals surface area contributed by atoms with E-state index in [1.165, 1.54) is 0 Å². The Bertz CT molecular complexity index is 625. The highest BCUT2D eigenvalue weighted by molar-refractivity contribution is 6.74. The molecule has 1 heterocycles. The Kier molecular flexibility index (Phi) is 7.70. The third-order valence-electron chi connectivity index (χ3n) is 6.66. The number of hydrogen-bond donors (Lipinski definition) is 1. The van der Waals surface area contributed by atoms with E-state index in [0.29, 0.717) is 25.2 Å². The summed E-state index contributed by atoms with van der Waals surface area (Å²) in [6.07, 6.45) is 3.12. The molecule has 0 amide bonds. The maximum absolute atomic E-state index is 11.4. The third-order valence-corrected chi connectivity index (χ3v) is 15.6. The van der Waals surface area contributed by atoms with Gasteiger partial charge in [-0.2, -0.15) is 5.10 Å². The minimum absolute atomic E-state index is 0.149. The molecule has 0 aliphatic heterocycles. The first-order chi connectivity index (χ1) is 12.4. The van der Waals surface area contributed by atoms with Crippen LogP contribution < -0.4 is 0 Å². The lowest BCUT2D eigenvalue weighted by molar-refractivity contribution is 0.0789. The minimum atomic E-state index is -1.89. The Labute approximate surface area is 174 Å². The molecule has 162 valence electrons. The predicted octanol–water partition coefficient (Wildman–Crippen LogP) is 5.81. The van der Waals surface area contributed by atoms with Gasteiger partial charge in [0.05, 0.1) is 11.8 Å². The Morgan fingerprint density at radius 1 is 0.929 bits per heavy atom. The predicted molar refractivity (Wildman–Crippen MR) is 122 cm³/mol. The largest absolute Gasteiger partial charge is 0.416 e. The summed E-state index contributed by atoms with van der Waals surface area (Å²) in [5, 5.41) is 7.35. The number of nitrogens with one attached hydrogen (secondary N) is 1. The fourth-order valence-corrected chi connectivity index (χ4v) is 4.56. The minimum Gasteiger partial charge on any atom is -0.416 e. The monoisotopic (exact) mass is 426 g/mol. The van der Waals surface area contributed by atoms with Crippen molar-refractivity contribution in [3.8, 4) is 0 Å². The van der Waals surface area contributed by atoms with Crippen LogP contribution in [0.2, 0.25) is 36.3 Å². The van der Waals surface area contributed by atoms with Crippen LogP contribution >= 0.6 is 0 Å². The molecule has 1 rings (SSSR count). The molecular formula is C21H42N2O3Si2. The van der Waals surface area contributed by atoms with Gasteiger partial charge in [-0.25, -0.2) is 0 Å². The molecule has 5 nitrogen and oxygen atoms in total. The molecule has 1 aromatic heterocycles. The molecule has 0 radical (unpaired) electrons. The highest BCUT2D eigenvalue weighted by Crippen LogP contribution is 2.40. The van der Waals surface area contributed by atoms with Gasteiger partial charge in [0.25, 0.3) is 0 Å². The van der Waals surface area contributed by atoms with E-state index in [-0.39, 0.29) is 15.5 Å². The average Bonchev–Trinajstić information content (AvgIpc) is 2.96. The first-order valence-corrected chi connectivity index (χ1v) is 16.0. The molecule has 0 saturated carbocycles. The van der Waals surface area contributed by atoms with E-state index < -0.39 is 16.6 Å². The molecule has 0 aliphatic rings. The maximum atomic E-state index is 11.4. The molecule has 0 saturated heterocycles. The van der Waals surface area contributed by atoms with Gasteiger partial charge in [0.1, 0.15) is 0 Å². The van der Waals surface area contributed by atoms with Crippen molar-refractivity contribution in [2.24, 2.45) is 5.41 Å². The fraction of sp³-hybridized carbons (Fsp3) is 0.810. The lowest BCUT2D eigenvalue weighted by atomic mass is 9.86. The highest BCUT2D eigenvalue weighted by atomic mass is 28.4. The lowest BCUT2D eigenvalue weighted by Crippen LogP contribution is -2.48. The Balaban J connectivity index is 3.07. The van der Waals surface area contributed by atoms with Gasteiger partial charge in [-0.1, -0.05) is 48.5 Å². The van der Waals surface area contributed by atoms with E-state index in [1.54, 1.807) is 6.20 Å². The molecule has 0 bridgehead atoms. The molecule has 0 fully saturated rings. The summed E-state index contributed by atoms with van der Waals surface area (Å²) in [6, 6.07) is 0. The van der Waals surface area contributed by atoms with Crippen molar-refractivity contribution in [3.05, 3.63) is 17.5 Å². The van der Waals surface area contributed by atoms with Crippen molar-refractivity contribution < 1.29 is 13.6 Å². The van der Waals surface area contributed by atoms with Crippen LogP contribution in [0.1, 0.15) is 64.5 Å². The first-order valence-electron chi connectivity index (χ1n) is 10.2. The smallest absolute Gasteiger partial charge is 0.192 e. The molecule has 1 N–H and O–H groups in total. The van der Waals surface area contributed by atoms with E-state index in [0.717, 1.165) is 12.0 Å². The van der Waals surface area contributed by atoms with Gasteiger partial charge in [-0.05, 0) is 42.7 Å². The van der Waals surface area contributed by atoms with Gasteiger partial charge in [0, 0.05) is 24.3 Å². The number of aldehydes is 1. The van der Waals surface area contributed by atoms with E-state index in [4.69, 9.17) is 8.85 Å². The number of hydrogen-bond acceptors (Lipinski definition) is 4. The summed E-state index contributed by atoms with van der Waals surface area (Å²) in [4.78, 5) is 11.4. The van der Waals surface area contributed by atoms with Crippen LogP contribution in [-0.4, -0.2) is 46.3 Å². The number of carbonyl (C=O) groups is 1. The SMILES string of the molecule is CC(CO[Si](C)(C)C(C)(C)C)(CO[Si](C)(C)C(C)(C)C)Cc1[nH]ncc1C=O. The van der Waals surface area contributed by atoms with Crippen molar-refractivity contribution in [3.63, 3.8) is 0 Å². The number of aromatic nitrogens is 2. The second-order valence-electron chi connectivity index (χ2n) is 11.5. The number of nitrogens with zero attached hydrogens (tertiary/aromatic N) is 1. The van der Waals surface area contributed by atoms with Gasteiger partial charge >= 0.3 is 0 Å². The second kappa shape index (κ2) is 8.54. The van der Waals surface area contributed by atoms with Crippen LogP contribution in [-0.2, 0) is 15.3 Å². The summed E-state index contributed by atoms with van der Waals surface area (Å²) in [7, 11) is -3.78. The number of aromatic amines is 1. The third kappa shape index (κ3) is 6.37. The van der Waals surface area contributed by atoms with Gasteiger partial charge < -0.3 is 8.85 Å². The summed E-state index contributed by atoms with van der Waals surface area (Å²) in [6.45, 7) is 26.0. The highest BCUT2D eigenvalue weighted by Gasteiger charge is 2.42. The van der Waals surface area contributed by atoms with E-state index in [1.807, 2.05) is 0 Å². The van der Waals surface area contributed by atoms with Crippen LogP contribution in [0.5, 0.6) is 0 Å². The van der Waals surface area contributed by atoms with Crippen LogP contribution in [0.4, 0.5) is 0 Å². The second-order valence-corrected chi connectivity index (χ2v) is 21.1. The Morgan fingerprint density at radius 2 is 1.36 bits per heavy atom. The lowest BCUT2D eigenvalue weighted by Gasteiger charge is -2.42. The Morgan fingerprint density at radius 3 is 1.71 bits per heavy atom. The summed E-state index contributed by atoms with van der Waals surface area (Å²) in [5.74, 6) is 0. The van der Waals surface area contributed by atoms with Gasteiger partial charge in [-0.15, -0.1) is 0 Å². The molecule has 28 heavy (non-hydrogen) atoms. The van der Waals surface area contributed by atoms with Crippen molar-refractivity contribution in [1.82, 2.24) is 10.2 Å². The summed E-state index contributed by atoms with van der Waals surface area (Å²) < 4.78 is 13.2. The molecule has 0 aliphatic carbocycles. The molecule has 0 aromatic carbocycles. The standard InChI is InChI=1S/C21H42N2O3Si2/c1-19(2,3)27(8,9)25-15-21(7,12-18-17(14-24)13-22-23-18)16-26-28(10,11)20(4,5)6/h13-14H,12,15-16H2,1-11H3,(H,22,23). The molecular weight excluding hydrogens is 384 g/mol. The van der Waals surface area contributed by atoms with Crippen LogP contribution in [0.25, 0.3) is 0 Å². The normalized spacial score (nSPS) is 14.4. The topological polar surface area (TPSA) is 64.2 Å². The fourth-order valence-electron chi connectivity index (χ4n) is 2.28. The molecule has 0 unspecified atom stereocenters. The molecule has 0 atom stereocenters. The zero-order valence-corrected chi connectivity index (χ0v) is 21.9. The van der Waals surface area contributed by atoms with Gasteiger partial charge in [0.2, 0.25) is 0 Å². The number of rotatable bonds is 9. The first kappa shape index (κ1) is 25.3. The van der Waals surface area contributed by atoms with Crippen molar-refractivity contribution >= 4 is 22.9 Å². The summed E-state index contributed by atoms with van der Waals surface area (Å²) >= 11 is 0. The summed E-state index contributed by atoms with van der Waals surface area (Å²) in [5.41, 5.74) is 1.23. The number of H-pyrrole nitrogens is 1. The van der Waals surface area contributed by atoms with E-state index in [2.05, 4.69) is 84.9 Å². The zero-order valence-electron chi connectivity index (χ0n) is 19.9.